The number of aliphatic carboxylic acids is 1. The number of rotatable bonds is 32. The van der Waals surface area contributed by atoms with Gasteiger partial charge in [0.2, 0.25) is 23.6 Å². The Hall–Kier alpha value is -2.73. The van der Waals surface area contributed by atoms with Crippen molar-refractivity contribution in [2.45, 2.75) is 186 Å². The first-order chi connectivity index (χ1) is 23.1. The van der Waals surface area contributed by atoms with Gasteiger partial charge < -0.3 is 37.8 Å². The third-order valence-electron chi connectivity index (χ3n) is 8.67. The van der Waals surface area contributed by atoms with Crippen molar-refractivity contribution < 1.29 is 29.1 Å². The largest absolute Gasteiger partial charge is 0.480 e. The third-order valence-corrected chi connectivity index (χ3v) is 8.67. The zero-order valence-corrected chi connectivity index (χ0v) is 30.4. The van der Waals surface area contributed by atoms with Crippen LogP contribution < -0.4 is 32.7 Å². The summed E-state index contributed by atoms with van der Waals surface area (Å²) in [4.78, 5) is 62.7. The zero-order chi connectivity index (χ0) is 36.0. The van der Waals surface area contributed by atoms with E-state index >= 15 is 0 Å². The minimum Gasteiger partial charge on any atom is -0.480 e. The van der Waals surface area contributed by atoms with Crippen molar-refractivity contribution in [1.82, 2.24) is 21.3 Å². The van der Waals surface area contributed by atoms with Crippen molar-refractivity contribution in [3.8, 4) is 0 Å². The first kappa shape index (κ1) is 45.3. The van der Waals surface area contributed by atoms with Gasteiger partial charge in [0.15, 0.2) is 0 Å². The molecule has 280 valence electrons. The number of nitrogens with one attached hydrogen (secondary N) is 4. The maximum absolute atomic E-state index is 13.2. The van der Waals surface area contributed by atoms with Gasteiger partial charge in [-0.2, -0.15) is 0 Å². The molecule has 48 heavy (non-hydrogen) atoms. The minimum atomic E-state index is -1.20. The summed E-state index contributed by atoms with van der Waals surface area (Å²) in [5.41, 5.74) is 11.2. The number of carboxylic acid groups (broad SMARTS) is 1. The minimum absolute atomic E-state index is 0.195. The van der Waals surface area contributed by atoms with Crippen LogP contribution in [0.1, 0.15) is 162 Å². The monoisotopic (exact) mass is 683 g/mol. The normalized spacial score (nSPS) is 13.6. The van der Waals surface area contributed by atoms with Crippen LogP contribution in [0.2, 0.25) is 0 Å². The van der Waals surface area contributed by atoms with Gasteiger partial charge in [0.1, 0.15) is 24.2 Å². The number of amides is 4. The lowest BCUT2D eigenvalue weighted by Gasteiger charge is -2.24. The molecule has 12 nitrogen and oxygen atoms in total. The molecule has 4 atom stereocenters. The lowest BCUT2D eigenvalue weighted by Crippen LogP contribution is -2.56. The molecular weight excluding hydrogens is 612 g/mol. The van der Waals surface area contributed by atoms with Gasteiger partial charge >= 0.3 is 5.97 Å². The zero-order valence-electron chi connectivity index (χ0n) is 30.4. The summed E-state index contributed by atoms with van der Waals surface area (Å²) in [6.45, 7) is 5.96. The fourth-order valence-corrected chi connectivity index (χ4v) is 5.50. The van der Waals surface area contributed by atoms with E-state index in [9.17, 15) is 24.0 Å². The van der Waals surface area contributed by atoms with Crippen LogP contribution in [0.4, 0.5) is 0 Å². The Labute approximate surface area is 290 Å². The van der Waals surface area contributed by atoms with Gasteiger partial charge in [-0.15, -0.1) is 0 Å². The number of nitrogens with two attached hydrogens (primary N) is 2. The smallest absolute Gasteiger partial charge is 0.325 e. The topological polar surface area (TPSA) is 206 Å². The molecule has 0 aromatic carbocycles. The van der Waals surface area contributed by atoms with Crippen LogP contribution in [-0.2, 0) is 24.0 Å². The van der Waals surface area contributed by atoms with E-state index in [1.807, 2.05) is 0 Å². The van der Waals surface area contributed by atoms with Crippen LogP contribution in [0.3, 0.4) is 0 Å². The highest BCUT2D eigenvalue weighted by Crippen LogP contribution is 2.14. The van der Waals surface area contributed by atoms with Crippen LogP contribution in [0, 0.1) is 0 Å². The fourth-order valence-electron chi connectivity index (χ4n) is 5.50. The Morgan fingerprint density at radius 2 is 0.896 bits per heavy atom. The van der Waals surface area contributed by atoms with Gasteiger partial charge in [-0.3, -0.25) is 24.0 Å². The van der Waals surface area contributed by atoms with E-state index in [1.54, 1.807) is 0 Å². The molecule has 0 radical (unpaired) electrons. The summed E-state index contributed by atoms with van der Waals surface area (Å²) < 4.78 is 0. The van der Waals surface area contributed by atoms with E-state index in [0.717, 1.165) is 19.3 Å². The first-order valence-electron chi connectivity index (χ1n) is 18.9. The number of hydrogen-bond acceptors (Lipinski definition) is 7. The SMILES string of the molecule is CCCCCCCCCCCCCCCCCC(=O)N[C@@H](CCCCN)C(=O)N[C@@H](C)C(=O)N[C@@H](CCCCN)C(=O)N[C@@H](C)C(=O)O. The summed E-state index contributed by atoms with van der Waals surface area (Å²) in [7, 11) is 0. The van der Waals surface area contributed by atoms with Gasteiger partial charge in [0, 0.05) is 6.42 Å². The van der Waals surface area contributed by atoms with E-state index in [-0.39, 0.29) is 12.3 Å². The fraction of sp³-hybridized carbons (Fsp3) is 0.861. The molecule has 12 heteroatoms. The number of unbranched alkanes of at least 4 members (excludes halogenated alkanes) is 16. The second-order valence-electron chi connectivity index (χ2n) is 13.2. The quantitative estimate of drug-likeness (QED) is 0.0499. The number of hydrogen-bond donors (Lipinski definition) is 7. The second kappa shape index (κ2) is 30.3. The van der Waals surface area contributed by atoms with Crippen LogP contribution in [-0.4, -0.2) is 72.0 Å². The molecule has 0 saturated carbocycles. The Bertz CT molecular complexity index is 889. The average molecular weight is 683 g/mol. The predicted molar refractivity (Wildman–Crippen MR) is 192 cm³/mol. The molecule has 0 fully saturated rings. The Morgan fingerprint density at radius 1 is 0.500 bits per heavy atom. The van der Waals surface area contributed by atoms with E-state index in [1.165, 1.54) is 90.9 Å². The Kier molecular flexibility index (Phi) is 28.6. The number of carbonyl (C=O) groups is 5. The maximum atomic E-state index is 13.2. The molecular formula is C36H70N6O6. The predicted octanol–water partition coefficient (Wildman–Crippen LogP) is 4.57. The molecule has 0 spiro atoms. The molecule has 0 saturated heterocycles. The molecule has 0 aromatic rings. The average Bonchev–Trinajstić information content (AvgIpc) is 3.05. The standard InChI is InChI=1S/C36H70N6O6/c1-4-5-6-7-8-9-10-11-12-13-14-15-16-17-18-25-32(43)41-30(23-19-21-26-37)34(45)39-28(2)33(44)42-31(24-20-22-27-38)35(46)40-29(3)36(47)48/h28-31H,4-27,37-38H2,1-3H3,(H,39,45)(H,40,46)(H,41,43)(H,42,44)(H,47,48)/t28-,29-,30-,31-/m0/s1. The second-order valence-corrected chi connectivity index (χ2v) is 13.2. The van der Waals surface area contributed by atoms with Crippen molar-refractivity contribution in [1.29, 1.82) is 0 Å². The number of carboxylic acids is 1. The highest BCUT2D eigenvalue weighted by atomic mass is 16.4. The molecule has 0 aliphatic rings. The summed E-state index contributed by atoms with van der Waals surface area (Å²) in [5.74, 6) is -3.09. The highest BCUT2D eigenvalue weighted by molar-refractivity contribution is 5.94. The van der Waals surface area contributed by atoms with Crippen molar-refractivity contribution >= 4 is 29.6 Å². The molecule has 0 bridgehead atoms. The Balaban J connectivity index is 4.63. The molecule has 4 amide bonds. The summed E-state index contributed by atoms with van der Waals surface area (Å²) >= 11 is 0. The third kappa shape index (κ3) is 24.4. The van der Waals surface area contributed by atoms with E-state index in [0.29, 0.717) is 51.6 Å². The first-order valence-corrected chi connectivity index (χ1v) is 18.9. The lowest BCUT2D eigenvalue weighted by molar-refractivity contribution is -0.141. The maximum Gasteiger partial charge on any atom is 0.325 e. The Morgan fingerprint density at radius 3 is 1.31 bits per heavy atom. The molecule has 0 aliphatic carbocycles. The molecule has 0 aromatic heterocycles. The molecule has 0 heterocycles. The van der Waals surface area contributed by atoms with Gasteiger partial charge in [-0.25, -0.2) is 0 Å². The van der Waals surface area contributed by atoms with Crippen LogP contribution >= 0.6 is 0 Å². The highest BCUT2D eigenvalue weighted by Gasteiger charge is 2.28. The van der Waals surface area contributed by atoms with Crippen LogP contribution in [0.25, 0.3) is 0 Å². The van der Waals surface area contributed by atoms with E-state index in [2.05, 4.69) is 28.2 Å². The van der Waals surface area contributed by atoms with E-state index < -0.39 is 47.9 Å². The van der Waals surface area contributed by atoms with Crippen LogP contribution in [0.15, 0.2) is 0 Å². The summed E-state index contributed by atoms with van der Waals surface area (Å²) in [6, 6.07) is -3.92. The molecule has 0 aliphatic heterocycles. The molecule has 0 unspecified atom stereocenters. The molecule has 9 N–H and O–H groups in total. The van der Waals surface area contributed by atoms with Gasteiger partial charge in [0.25, 0.3) is 0 Å². The van der Waals surface area contributed by atoms with Gasteiger partial charge in [-0.1, -0.05) is 96.8 Å². The molecule has 0 rings (SSSR count). The van der Waals surface area contributed by atoms with E-state index in [4.69, 9.17) is 16.6 Å². The van der Waals surface area contributed by atoms with Crippen molar-refractivity contribution in [3.05, 3.63) is 0 Å². The van der Waals surface area contributed by atoms with Crippen molar-refractivity contribution in [2.75, 3.05) is 13.1 Å². The van der Waals surface area contributed by atoms with Crippen LogP contribution in [0.5, 0.6) is 0 Å². The van der Waals surface area contributed by atoms with Gasteiger partial charge in [-0.05, 0) is 71.9 Å². The summed E-state index contributed by atoms with van der Waals surface area (Å²) in [5, 5.41) is 19.6. The summed E-state index contributed by atoms with van der Waals surface area (Å²) in [6.07, 6.45) is 22.2. The number of carbonyl (C=O) groups excluding carboxylic acids is 4. The van der Waals surface area contributed by atoms with Crippen molar-refractivity contribution in [3.63, 3.8) is 0 Å². The van der Waals surface area contributed by atoms with Crippen molar-refractivity contribution in [2.24, 2.45) is 11.5 Å². The lowest BCUT2D eigenvalue weighted by atomic mass is 10.0. The van der Waals surface area contributed by atoms with Gasteiger partial charge in [0.05, 0.1) is 0 Å².